The second kappa shape index (κ2) is 7.70. The van der Waals surface area contributed by atoms with E-state index >= 15 is 0 Å². The average Bonchev–Trinajstić information content (AvgIpc) is 2.26. The fraction of sp³-hybridized carbons (Fsp3) is 0.846. The van der Waals surface area contributed by atoms with Crippen molar-refractivity contribution in [1.82, 2.24) is 15.5 Å². The van der Waals surface area contributed by atoms with Crippen LogP contribution in [0, 0.1) is 0 Å². The van der Waals surface area contributed by atoms with Crippen molar-refractivity contribution in [3.63, 3.8) is 0 Å². The van der Waals surface area contributed by atoms with Crippen molar-refractivity contribution in [3.8, 4) is 0 Å². The van der Waals surface area contributed by atoms with Gasteiger partial charge in [-0.05, 0) is 40.2 Å². The van der Waals surface area contributed by atoms with Crippen LogP contribution in [0.1, 0.15) is 40.0 Å². The smallest absolute Gasteiger partial charge is 0.240 e. The van der Waals surface area contributed by atoms with Crippen molar-refractivity contribution in [2.24, 2.45) is 0 Å². The fourth-order valence-electron chi connectivity index (χ4n) is 2.08. The second-order valence-electron chi connectivity index (χ2n) is 5.99. The Morgan fingerprint density at radius 2 is 1.95 bits per heavy atom. The van der Waals surface area contributed by atoms with Gasteiger partial charge >= 0.3 is 0 Å². The van der Waals surface area contributed by atoms with E-state index in [1.54, 1.807) is 7.05 Å². The zero-order valence-corrected chi connectivity index (χ0v) is 13.1. The molecule has 0 aromatic heterocycles. The van der Waals surface area contributed by atoms with E-state index in [9.17, 15) is 9.59 Å². The Morgan fingerprint density at radius 3 is 2.42 bits per heavy atom. The van der Waals surface area contributed by atoms with Gasteiger partial charge in [0.15, 0.2) is 0 Å². The standard InChI is InChI=1S/C13H25N3O2.ClH/c1-13(2,3)15-11(17)9-16(4)12(18)10-7-5-6-8-14-10;/h10,14H,5-9H2,1-4H3,(H,15,17);1H/t10-;/m1./s1. The van der Waals surface area contributed by atoms with Gasteiger partial charge in [0.25, 0.3) is 0 Å². The van der Waals surface area contributed by atoms with Gasteiger partial charge in [0.05, 0.1) is 12.6 Å². The number of halogens is 1. The lowest BCUT2D eigenvalue weighted by molar-refractivity contribution is -0.137. The molecule has 1 aliphatic rings. The van der Waals surface area contributed by atoms with Gasteiger partial charge in [0.1, 0.15) is 0 Å². The van der Waals surface area contributed by atoms with Gasteiger partial charge in [-0.2, -0.15) is 0 Å². The first-order valence-electron chi connectivity index (χ1n) is 6.59. The maximum Gasteiger partial charge on any atom is 0.240 e. The van der Waals surface area contributed by atoms with E-state index in [1.807, 2.05) is 20.8 Å². The van der Waals surface area contributed by atoms with Crippen molar-refractivity contribution in [1.29, 1.82) is 0 Å². The third-order valence-corrected chi connectivity index (χ3v) is 2.88. The van der Waals surface area contributed by atoms with E-state index in [4.69, 9.17) is 0 Å². The minimum atomic E-state index is -0.260. The molecule has 2 amide bonds. The minimum absolute atomic E-state index is 0. The van der Waals surface area contributed by atoms with Crippen LogP contribution in [-0.4, -0.2) is 48.4 Å². The lowest BCUT2D eigenvalue weighted by atomic mass is 10.0. The maximum atomic E-state index is 12.1. The molecule has 0 spiro atoms. The summed E-state index contributed by atoms with van der Waals surface area (Å²) in [6, 6.07) is -0.119. The highest BCUT2D eigenvalue weighted by atomic mass is 35.5. The van der Waals surface area contributed by atoms with Crippen LogP contribution in [0.3, 0.4) is 0 Å². The van der Waals surface area contributed by atoms with E-state index in [1.165, 1.54) is 4.90 Å². The Labute approximate surface area is 121 Å². The quantitative estimate of drug-likeness (QED) is 0.813. The Morgan fingerprint density at radius 1 is 1.32 bits per heavy atom. The average molecular weight is 292 g/mol. The van der Waals surface area contributed by atoms with Crippen LogP contribution >= 0.6 is 12.4 Å². The van der Waals surface area contributed by atoms with Crippen LogP contribution in [-0.2, 0) is 9.59 Å². The molecule has 2 N–H and O–H groups in total. The molecular formula is C13H26ClN3O2. The second-order valence-corrected chi connectivity index (χ2v) is 5.99. The number of nitrogens with one attached hydrogen (secondary N) is 2. The molecule has 1 heterocycles. The molecule has 1 saturated heterocycles. The third-order valence-electron chi connectivity index (χ3n) is 2.88. The Hall–Kier alpha value is -0.810. The number of hydrogen-bond donors (Lipinski definition) is 2. The molecule has 0 saturated carbocycles. The predicted octanol–water partition coefficient (Wildman–Crippen LogP) is 0.923. The van der Waals surface area contributed by atoms with Crippen LogP contribution in [0.5, 0.6) is 0 Å². The third kappa shape index (κ3) is 6.78. The van der Waals surface area contributed by atoms with Gasteiger partial charge in [-0.25, -0.2) is 0 Å². The molecule has 0 bridgehead atoms. The Balaban J connectivity index is 0.00000324. The molecule has 1 aliphatic heterocycles. The SMILES string of the molecule is CN(CC(=O)NC(C)(C)C)C(=O)[C@H]1CCCCN1.Cl. The zero-order valence-electron chi connectivity index (χ0n) is 12.3. The summed E-state index contributed by atoms with van der Waals surface area (Å²) in [4.78, 5) is 25.3. The molecule has 0 aromatic rings. The van der Waals surface area contributed by atoms with E-state index in [-0.39, 0.29) is 42.3 Å². The number of amides is 2. The van der Waals surface area contributed by atoms with Crippen LogP contribution in [0.25, 0.3) is 0 Å². The molecule has 19 heavy (non-hydrogen) atoms. The number of carbonyl (C=O) groups is 2. The highest BCUT2D eigenvalue weighted by Crippen LogP contribution is 2.09. The summed E-state index contributed by atoms with van der Waals surface area (Å²) in [7, 11) is 1.68. The number of likely N-dealkylation sites (N-methyl/N-ethyl adjacent to an activating group) is 1. The normalized spacial score (nSPS) is 19.3. The number of hydrogen-bond acceptors (Lipinski definition) is 3. The molecule has 1 rings (SSSR count). The minimum Gasteiger partial charge on any atom is -0.350 e. The summed E-state index contributed by atoms with van der Waals surface area (Å²) in [5.74, 6) is -0.104. The summed E-state index contributed by atoms with van der Waals surface area (Å²) < 4.78 is 0. The van der Waals surface area contributed by atoms with Crippen molar-refractivity contribution >= 4 is 24.2 Å². The summed E-state index contributed by atoms with van der Waals surface area (Å²) >= 11 is 0. The first kappa shape index (κ1) is 18.2. The largest absolute Gasteiger partial charge is 0.350 e. The number of carbonyl (C=O) groups excluding carboxylic acids is 2. The molecular weight excluding hydrogens is 266 g/mol. The van der Waals surface area contributed by atoms with Crippen LogP contribution in [0.15, 0.2) is 0 Å². The van der Waals surface area contributed by atoms with E-state index < -0.39 is 0 Å². The molecule has 0 aliphatic carbocycles. The molecule has 5 nitrogen and oxygen atoms in total. The predicted molar refractivity (Wildman–Crippen MR) is 78.4 cm³/mol. The molecule has 1 fully saturated rings. The lowest BCUT2D eigenvalue weighted by Gasteiger charge is -2.28. The molecule has 112 valence electrons. The first-order chi connectivity index (χ1) is 8.29. The van der Waals surface area contributed by atoms with Gasteiger partial charge in [-0.1, -0.05) is 6.42 Å². The van der Waals surface area contributed by atoms with E-state index in [0.717, 1.165) is 25.8 Å². The topological polar surface area (TPSA) is 61.4 Å². The van der Waals surface area contributed by atoms with Gasteiger partial charge in [0, 0.05) is 12.6 Å². The van der Waals surface area contributed by atoms with Gasteiger partial charge in [0.2, 0.25) is 11.8 Å². The summed E-state index contributed by atoms with van der Waals surface area (Å²) in [6.45, 7) is 6.78. The molecule has 0 radical (unpaired) electrons. The highest BCUT2D eigenvalue weighted by Gasteiger charge is 2.25. The van der Waals surface area contributed by atoms with Crippen molar-refractivity contribution in [2.75, 3.05) is 20.1 Å². The number of nitrogens with zero attached hydrogens (tertiary/aromatic N) is 1. The van der Waals surface area contributed by atoms with E-state index in [2.05, 4.69) is 10.6 Å². The number of rotatable bonds is 3. The van der Waals surface area contributed by atoms with Gasteiger partial charge < -0.3 is 15.5 Å². The van der Waals surface area contributed by atoms with Crippen LogP contribution < -0.4 is 10.6 Å². The summed E-state index contributed by atoms with van der Waals surface area (Å²) in [5.41, 5.74) is -0.260. The highest BCUT2D eigenvalue weighted by molar-refractivity contribution is 5.87. The van der Waals surface area contributed by atoms with Crippen LogP contribution in [0.2, 0.25) is 0 Å². The Bertz CT molecular complexity index is 310. The molecule has 0 aromatic carbocycles. The summed E-state index contributed by atoms with van der Waals surface area (Å²) in [5, 5.41) is 6.05. The summed E-state index contributed by atoms with van der Waals surface area (Å²) in [6.07, 6.45) is 3.06. The van der Waals surface area contributed by atoms with Crippen molar-refractivity contribution in [3.05, 3.63) is 0 Å². The van der Waals surface area contributed by atoms with Crippen LogP contribution in [0.4, 0.5) is 0 Å². The van der Waals surface area contributed by atoms with Crippen molar-refractivity contribution < 1.29 is 9.59 Å². The van der Waals surface area contributed by atoms with Crippen molar-refractivity contribution in [2.45, 2.75) is 51.6 Å². The number of piperidine rings is 1. The molecule has 1 atom stereocenters. The zero-order chi connectivity index (χ0) is 13.8. The fourth-order valence-corrected chi connectivity index (χ4v) is 2.08. The lowest BCUT2D eigenvalue weighted by Crippen LogP contribution is -2.51. The monoisotopic (exact) mass is 291 g/mol. The maximum absolute atomic E-state index is 12.1. The molecule has 6 heteroatoms. The van der Waals surface area contributed by atoms with Gasteiger partial charge in [-0.3, -0.25) is 9.59 Å². The molecule has 0 unspecified atom stereocenters. The van der Waals surface area contributed by atoms with E-state index in [0.29, 0.717) is 0 Å². The van der Waals surface area contributed by atoms with Gasteiger partial charge in [-0.15, -0.1) is 12.4 Å². The Kier molecular flexibility index (Phi) is 7.37. The first-order valence-corrected chi connectivity index (χ1v) is 6.59.